The molecular formula is C10H15BrN2. The third-order valence-electron chi connectivity index (χ3n) is 2.13. The van der Waals surface area contributed by atoms with Gasteiger partial charge >= 0.3 is 0 Å². The molecule has 1 rings (SSSR count). The van der Waals surface area contributed by atoms with E-state index in [4.69, 9.17) is 11.5 Å². The lowest BCUT2D eigenvalue weighted by Crippen LogP contribution is -2.16. The summed E-state index contributed by atoms with van der Waals surface area (Å²) in [6, 6.07) is 5.92. The van der Waals surface area contributed by atoms with Crippen molar-refractivity contribution >= 4 is 21.6 Å². The Morgan fingerprint density at radius 2 is 1.92 bits per heavy atom. The molecule has 0 saturated heterocycles. The molecular weight excluding hydrogens is 228 g/mol. The summed E-state index contributed by atoms with van der Waals surface area (Å²) in [5, 5.41) is 0. The summed E-state index contributed by atoms with van der Waals surface area (Å²) in [6.45, 7) is 4.21. The van der Waals surface area contributed by atoms with Crippen LogP contribution in [0.25, 0.3) is 0 Å². The Bertz CT molecular complexity index is 297. The van der Waals surface area contributed by atoms with Crippen LogP contribution in [0.2, 0.25) is 0 Å². The summed E-state index contributed by atoms with van der Waals surface area (Å²) in [7, 11) is 0. The summed E-state index contributed by atoms with van der Waals surface area (Å²) in [5.41, 5.74) is 13.5. The van der Waals surface area contributed by atoms with Gasteiger partial charge in [-0.3, -0.25) is 0 Å². The van der Waals surface area contributed by atoms with Crippen molar-refractivity contribution in [3.05, 3.63) is 28.2 Å². The second-order valence-corrected chi connectivity index (χ2v) is 4.41. The molecule has 2 nitrogen and oxygen atoms in total. The van der Waals surface area contributed by atoms with Crippen molar-refractivity contribution in [2.75, 3.05) is 5.73 Å². The van der Waals surface area contributed by atoms with Gasteiger partial charge in [0.15, 0.2) is 0 Å². The van der Waals surface area contributed by atoms with Crippen molar-refractivity contribution in [1.29, 1.82) is 0 Å². The van der Waals surface area contributed by atoms with Crippen LogP contribution in [-0.2, 0) is 0 Å². The highest BCUT2D eigenvalue weighted by Crippen LogP contribution is 2.26. The average Bonchev–Trinajstić information content (AvgIpc) is 2.08. The van der Waals surface area contributed by atoms with E-state index >= 15 is 0 Å². The maximum atomic E-state index is 6.00. The molecule has 4 N–H and O–H groups in total. The molecule has 0 radical (unpaired) electrons. The number of halogens is 1. The third-order valence-corrected chi connectivity index (χ3v) is 2.81. The minimum Gasteiger partial charge on any atom is -0.398 e. The molecule has 0 aromatic heterocycles. The summed E-state index contributed by atoms with van der Waals surface area (Å²) >= 11 is 3.38. The van der Waals surface area contributed by atoms with Gasteiger partial charge in [-0.15, -0.1) is 0 Å². The fourth-order valence-electron chi connectivity index (χ4n) is 1.14. The zero-order valence-corrected chi connectivity index (χ0v) is 9.51. The predicted molar refractivity (Wildman–Crippen MR) is 60.3 cm³/mol. The largest absolute Gasteiger partial charge is 0.398 e. The molecule has 0 bridgehead atoms. The highest BCUT2D eigenvalue weighted by atomic mass is 79.9. The van der Waals surface area contributed by atoms with Gasteiger partial charge in [0.05, 0.1) is 0 Å². The van der Waals surface area contributed by atoms with Crippen molar-refractivity contribution in [1.82, 2.24) is 0 Å². The fraction of sp³-hybridized carbons (Fsp3) is 0.400. The van der Waals surface area contributed by atoms with Crippen LogP contribution in [0.4, 0.5) is 5.69 Å². The lowest BCUT2D eigenvalue weighted by atomic mass is 9.97. The Balaban J connectivity index is 2.97. The van der Waals surface area contributed by atoms with Crippen LogP contribution in [0.1, 0.15) is 25.5 Å². The molecule has 0 amide bonds. The Morgan fingerprint density at radius 1 is 1.31 bits per heavy atom. The summed E-state index contributed by atoms with van der Waals surface area (Å²) in [4.78, 5) is 0. The van der Waals surface area contributed by atoms with Crippen molar-refractivity contribution in [3.63, 3.8) is 0 Å². The van der Waals surface area contributed by atoms with Gasteiger partial charge in [0.25, 0.3) is 0 Å². The van der Waals surface area contributed by atoms with Gasteiger partial charge in [0.2, 0.25) is 0 Å². The maximum absolute atomic E-state index is 6.00. The number of nitrogen functional groups attached to an aromatic ring is 1. The first-order valence-electron chi connectivity index (χ1n) is 4.33. The third kappa shape index (κ3) is 2.45. The number of hydrogen-bond acceptors (Lipinski definition) is 2. The van der Waals surface area contributed by atoms with Crippen LogP contribution in [0.15, 0.2) is 22.7 Å². The Morgan fingerprint density at radius 3 is 2.38 bits per heavy atom. The van der Waals surface area contributed by atoms with Crippen LogP contribution in [-0.4, -0.2) is 0 Å². The molecule has 13 heavy (non-hydrogen) atoms. The molecule has 0 heterocycles. The lowest BCUT2D eigenvalue weighted by Gasteiger charge is -2.16. The zero-order chi connectivity index (χ0) is 10.0. The highest BCUT2D eigenvalue weighted by molar-refractivity contribution is 9.10. The van der Waals surface area contributed by atoms with Crippen molar-refractivity contribution in [2.24, 2.45) is 11.7 Å². The topological polar surface area (TPSA) is 52.0 Å². The highest BCUT2D eigenvalue weighted by Gasteiger charge is 2.10. The Labute approximate surface area is 87.4 Å². The van der Waals surface area contributed by atoms with Crippen molar-refractivity contribution in [2.45, 2.75) is 19.9 Å². The van der Waals surface area contributed by atoms with Crippen LogP contribution in [0, 0.1) is 5.92 Å². The van der Waals surface area contributed by atoms with Gasteiger partial charge in [-0.1, -0.05) is 19.9 Å². The molecule has 0 aliphatic carbocycles. The molecule has 0 aliphatic rings. The van der Waals surface area contributed by atoms with Gasteiger partial charge in [-0.25, -0.2) is 0 Å². The molecule has 1 atom stereocenters. The zero-order valence-electron chi connectivity index (χ0n) is 7.92. The van der Waals surface area contributed by atoms with Crippen molar-refractivity contribution in [3.8, 4) is 0 Å². The van der Waals surface area contributed by atoms with E-state index in [0.29, 0.717) is 5.92 Å². The van der Waals surface area contributed by atoms with Crippen LogP contribution >= 0.6 is 15.9 Å². The first-order valence-corrected chi connectivity index (χ1v) is 5.12. The number of nitrogens with two attached hydrogens (primary N) is 2. The molecule has 1 aromatic rings. The normalized spacial score (nSPS) is 13.3. The first-order chi connectivity index (χ1) is 6.02. The maximum Gasteiger partial charge on any atom is 0.0458 e. The molecule has 0 spiro atoms. The van der Waals surface area contributed by atoms with Crippen LogP contribution in [0.5, 0.6) is 0 Å². The van der Waals surface area contributed by atoms with Gasteiger partial charge in [0.1, 0.15) is 0 Å². The fourth-order valence-corrected chi connectivity index (χ4v) is 1.53. The molecule has 0 unspecified atom stereocenters. The van der Waals surface area contributed by atoms with Gasteiger partial charge < -0.3 is 11.5 Å². The number of benzene rings is 1. The smallest absolute Gasteiger partial charge is 0.0458 e. The minimum absolute atomic E-state index is 0.0805. The first kappa shape index (κ1) is 10.5. The Kier molecular flexibility index (Phi) is 3.33. The van der Waals surface area contributed by atoms with E-state index in [-0.39, 0.29) is 6.04 Å². The second kappa shape index (κ2) is 4.11. The number of anilines is 1. The standard InChI is InChI=1S/C10H15BrN2/c1-6(2)10(13)7-3-4-9(12)8(11)5-7/h3-6,10H,12-13H2,1-2H3/t10-/m0/s1. The quantitative estimate of drug-likeness (QED) is 0.784. The summed E-state index contributed by atoms with van der Waals surface area (Å²) in [5.74, 6) is 0.440. The predicted octanol–water partition coefficient (Wildman–Crippen LogP) is 2.69. The molecule has 3 heteroatoms. The van der Waals surface area contributed by atoms with E-state index in [1.165, 1.54) is 0 Å². The van der Waals surface area contributed by atoms with E-state index in [1.807, 2.05) is 18.2 Å². The van der Waals surface area contributed by atoms with E-state index < -0.39 is 0 Å². The van der Waals surface area contributed by atoms with Gasteiger partial charge in [0, 0.05) is 16.2 Å². The monoisotopic (exact) mass is 242 g/mol. The van der Waals surface area contributed by atoms with E-state index in [2.05, 4.69) is 29.8 Å². The van der Waals surface area contributed by atoms with E-state index in [9.17, 15) is 0 Å². The van der Waals surface area contributed by atoms with E-state index in [0.717, 1.165) is 15.7 Å². The number of rotatable bonds is 2. The molecule has 0 saturated carbocycles. The molecule has 72 valence electrons. The van der Waals surface area contributed by atoms with Crippen LogP contribution < -0.4 is 11.5 Å². The van der Waals surface area contributed by atoms with Gasteiger partial charge in [-0.2, -0.15) is 0 Å². The summed E-state index contributed by atoms with van der Waals surface area (Å²) in [6.07, 6.45) is 0. The Hall–Kier alpha value is -0.540. The SMILES string of the molecule is CC(C)[C@H](N)c1ccc(N)c(Br)c1. The van der Waals surface area contributed by atoms with Crippen molar-refractivity contribution < 1.29 is 0 Å². The molecule has 0 aliphatic heterocycles. The summed E-state index contributed by atoms with van der Waals surface area (Å²) < 4.78 is 0.918. The average molecular weight is 243 g/mol. The van der Waals surface area contributed by atoms with E-state index in [1.54, 1.807) is 0 Å². The second-order valence-electron chi connectivity index (χ2n) is 3.55. The lowest BCUT2D eigenvalue weighted by molar-refractivity contribution is 0.514. The number of hydrogen-bond donors (Lipinski definition) is 2. The minimum atomic E-state index is 0.0805. The van der Waals surface area contributed by atoms with Crippen LogP contribution in [0.3, 0.4) is 0 Å². The molecule has 1 aromatic carbocycles. The molecule has 0 fully saturated rings. The van der Waals surface area contributed by atoms with Gasteiger partial charge in [-0.05, 0) is 39.5 Å².